The van der Waals surface area contributed by atoms with Gasteiger partial charge in [-0.15, -0.1) is 0 Å². The Morgan fingerprint density at radius 2 is 1.88 bits per heavy atom. The summed E-state index contributed by atoms with van der Waals surface area (Å²) >= 11 is 0. The Labute approximate surface area is 149 Å². The fraction of sp³-hybridized carbons (Fsp3) is 0.400. The lowest BCUT2D eigenvalue weighted by molar-refractivity contribution is 0.278. The van der Waals surface area contributed by atoms with Gasteiger partial charge in [0.15, 0.2) is 5.82 Å². The summed E-state index contributed by atoms with van der Waals surface area (Å²) in [6.45, 7) is 9.37. The number of piperazine rings is 1. The number of nitrogens with zero attached hydrogens (tertiary/aromatic N) is 4. The lowest BCUT2D eigenvalue weighted by atomic mass is 10.1. The first kappa shape index (κ1) is 17.4. The van der Waals surface area contributed by atoms with Gasteiger partial charge in [-0.25, -0.2) is 4.98 Å². The van der Waals surface area contributed by atoms with Crippen LogP contribution in [0.4, 0.5) is 5.82 Å². The van der Waals surface area contributed by atoms with Gasteiger partial charge in [-0.3, -0.25) is 9.69 Å². The molecule has 0 saturated carbocycles. The van der Waals surface area contributed by atoms with Crippen LogP contribution in [0.2, 0.25) is 0 Å². The number of anilines is 1. The van der Waals surface area contributed by atoms with Crippen molar-refractivity contribution in [2.24, 2.45) is 0 Å². The van der Waals surface area contributed by atoms with E-state index in [4.69, 9.17) is 0 Å². The molecule has 1 aromatic heterocycles. The van der Waals surface area contributed by atoms with Crippen molar-refractivity contribution >= 4 is 11.9 Å². The Morgan fingerprint density at radius 3 is 2.56 bits per heavy atom. The summed E-state index contributed by atoms with van der Waals surface area (Å²) in [5, 5.41) is 0. The van der Waals surface area contributed by atoms with E-state index in [2.05, 4.69) is 52.0 Å². The van der Waals surface area contributed by atoms with E-state index < -0.39 is 0 Å². The number of hydrogen-bond acceptors (Lipinski definition) is 4. The first-order valence-corrected chi connectivity index (χ1v) is 8.92. The largest absolute Gasteiger partial charge is 0.349 e. The van der Waals surface area contributed by atoms with Crippen molar-refractivity contribution in [3.05, 3.63) is 64.2 Å². The molecule has 0 unspecified atom stereocenters. The average Bonchev–Trinajstić information content (AvgIpc) is 2.63. The number of benzene rings is 1. The van der Waals surface area contributed by atoms with Crippen molar-refractivity contribution < 1.29 is 0 Å². The van der Waals surface area contributed by atoms with Crippen LogP contribution in [0.3, 0.4) is 0 Å². The van der Waals surface area contributed by atoms with Crippen molar-refractivity contribution in [1.82, 2.24) is 14.5 Å². The molecule has 5 nitrogen and oxygen atoms in total. The SMILES string of the molecule is CCn1ccnc(N2CCN(C/C(C)=C/c3ccccc3)CC2)c1=O. The zero-order valence-electron chi connectivity index (χ0n) is 15.1. The zero-order chi connectivity index (χ0) is 17.6. The van der Waals surface area contributed by atoms with E-state index in [-0.39, 0.29) is 5.56 Å². The van der Waals surface area contributed by atoms with Crippen molar-refractivity contribution in [3.63, 3.8) is 0 Å². The van der Waals surface area contributed by atoms with Crippen LogP contribution in [-0.2, 0) is 6.54 Å². The van der Waals surface area contributed by atoms with Crippen molar-refractivity contribution in [3.8, 4) is 0 Å². The normalized spacial score (nSPS) is 16.2. The minimum atomic E-state index is 0.0126. The average molecular weight is 338 g/mol. The minimum absolute atomic E-state index is 0.0126. The molecule has 0 bridgehead atoms. The molecule has 0 spiro atoms. The Hall–Kier alpha value is -2.40. The molecule has 25 heavy (non-hydrogen) atoms. The van der Waals surface area contributed by atoms with E-state index in [0.717, 1.165) is 32.7 Å². The zero-order valence-corrected chi connectivity index (χ0v) is 15.1. The van der Waals surface area contributed by atoms with Gasteiger partial charge in [0, 0.05) is 51.7 Å². The van der Waals surface area contributed by atoms with Crippen molar-refractivity contribution in [2.45, 2.75) is 20.4 Å². The van der Waals surface area contributed by atoms with E-state index in [0.29, 0.717) is 12.4 Å². The van der Waals surface area contributed by atoms with Gasteiger partial charge in [0.1, 0.15) is 0 Å². The summed E-state index contributed by atoms with van der Waals surface area (Å²) in [6, 6.07) is 10.4. The highest BCUT2D eigenvalue weighted by atomic mass is 16.1. The molecule has 132 valence electrons. The number of hydrogen-bond donors (Lipinski definition) is 0. The van der Waals surface area contributed by atoms with Crippen LogP contribution in [0.15, 0.2) is 53.1 Å². The van der Waals surface area contributed by atoms with Gasteiger partial charge in [-0.1, -0.05) is 42.0 Å². The molecule has 0 amide bonds. The Balaban J connectivity index is 1.59. The van der Waals surface area contributed by atoms with Crippen LogP contribution in [0, 0.1) is 0 Å². The van der Waals surface area contributed by atoms with Crippen LogP contribution >= 0.6 is 0 Å². The van der Waals surface area contributed by atoms with Crippen molar-refractivity contribution in [2.75, 3.05) is 37.6 Å². The second-order valence-corrected chi connectivity index (χ2v) is 6.51. The van der Waals surface area contributed by atoms with Gasteiger partial charge in [0.2, 0.25) is 0 Å². The molecule has 1 fully saturated rings. The molecule has 3 rings (SSSR count). The molecule has 0 atom stereocenters. The van der Waals surface area contributed by atoms with E-state index in [1.54, 1.807) is 17.0 Å². The van der Waals surface area contributed by atoms with Crippen molar-refractivity contribution in [1.29, 1.82) is 0 Å². The van der Waals surface area contributed by atoms with E-state index in [1.807, 2.05) is 13.0 Å². The first-order valence-electron chi connectivity index (χ1n) is 8.92. The summed E-state index contributed by atoms with van der Waals surface area (Å²) in [6.07, 6.45) is 5.71. The minimum Gasteiger partial charge on any atom is -0.349 e. The van der Waals surface area contributed by atoms with Gasteiger partial charge in [-0.05, 0) is 19.4 Å². The Morgan fingerprint density at radius 1 is 1.16 bits per heavy atom. The van der Waals surface area contributed by atoms with Gasteiger partial charge in [0.05, 0.1) is 0 Å². The predicted octanol–water partition coefficient (Wildman–Crippen LogP) is 2.49. The van der Waals surface area contributed by atoms with Gasteiger partial charge >= 0.3 is 0 Å². The maximum Gasteiger partial charge on any atom is 0.293 e. The second-order valence-electron chi connectivity index (χ2n) is 6.51. The third-order valence-corrected chi connectivity index (χ3v) is 4.59. The van der Waals surface area contributed by atoms with E-state index in [1.165, 1.54) is 11.1 Å². The predicted molar refractivity (Wildman–Crippen MR) is 103 cm³/mol. The van der Waals surface area contributed by atoms with Crippen LogP contribution in [-0.4, -0.2) is 47.2 Å². The smallest absolute Gasteiger partial charge is 0.293 e. The summed E-state index contributed by atoms with van der Waals surface area (Å²) in [4.78, 5) is 21.3. The lowest BCUT2D eigenvalue weighted by Crippen LogP contribution is -2.49. The molecule has 2 aromatic rings. The van der Waals surface area contributed by atoms with E-state index >= 15 is 0 Å². The third kappa shape index (κ3) is 4.37. The quantitative estimate of drug-likeness (QED) is 0.840. The maximum absolute atomic E-state index is 12.4. The molecule has 1 aromatic carbocycles. The molecular weight excluding hydrogens is 312 g/mol. The molecule has 5 heteroatoms. The van der Waals surface area contributed by atoms with Gasteiger partial charge in [0.25, 0.3) is 5.56 Å². The fourth-order valence-electron chi connectivity index (χ4n) is 3.25. The molecule has 1 aliphatic heterocycles. The molecule has 0 N–H and O–H groups in total. The monoisotopic (exact) mass is 338 g/mol. The highest BCUT2D eigenvalue weighted by molar-refractivity contribution is 5.52. The third-order valence-electron chi connectivity index (χ3n) is 4.59. The molecule has 1 saturated heterocycles. The summed E-state index contributed by atoms with van der Waals surface area (Å²) in [7, 11) is 0. The second kappa shape index (κ2) is 8.12. The topological polar surface area (TPSA) is 41.4 Å². The summed E-state index contributed by atoms with van der Waals surface area (Å²) < 4.78 is 1.71. The van der Waals surface area contributed by atoms with E-state index in [9.17, 15) is 4.79 Å². The molecule has 2 heterocycles. The lowest BCUT2D eigenvalue weighted by Gasteiger charge is -2.35. The van der Waals surface area contributed by atoms with Gasteiger partial charge < -0.3 is 9.47 Å². The van der Waals surface area contributed by atoms with Crippen LogP contribution in [0.5, 0.6) is 0 Å². The molecular formula is C20H26N4O. The molecule has 0 radical (unpaired) electrons. The number of aryl methyl sites for hydroxylation is 1. The maximum atomic E-state index is 12.4. The highest BCUT2D eigenvalue weighted by Crippen LogP contribution is 2.12. The highest BCUT2D eigenvalue weighted by Gasteiger charge is 2.20. The summed E-state index contributed by atoms with van der Waals surface area (Å²) in [5.41, 5.74) is 2.61. The van der Waals surface area contributed by atoms with Crippen LogP contribution in [0.25, 0.3) is 6.08 Å². The fourth-order valence-corrected chi connectivity index (χ4v) is 3.25. The number of aromatic nitrogens is 2. The van der Waals surface area contributed by atoms with Crippen LogP contribution < -0.4 is 10.5 Å². The molecule has 1 aliphatic rings. The number of rotatable bonds is 5. The first-order chi connectivity index (χ1) is 12.2. The molecule has 0 aliphatic carbocycles. The van der Waals surface area contributed by atoms with Gasteiger partial charge in [-0.2, -0.15) is 0 Å². The van der Waals surface area contributed by atoms with Crippen LogP contribution in [0.1, 0.15) is 19.4 Å². The standard InChI is InChI=1S/C20H26N4O/c1-3-23-10-9-21-19(20(23)25)24-13-11-22(12-14-24)16-17(2)15-18-7-5-4-6-8-18/h4-10,15H,3,11-14,16H2,1-2H3/b17-15+. The Bertz CT molecular complexity index is 774. The summed E-state index contributed by atoms with van der Waals surface area (Å²) in [5.74, 6) is 0.584. The Kier molecular flexibility index (Phi) is 5.66.